The molecule has 4 fully saturated rings. The molecule has 3 N–H and O–H groups in total. The van der Waals surface area contributed by atoms with Crippen LogP contribution in [0.4, 0.5) is 22.4 Å². The molecule has 1 aromatic carbocycles. The third kappa shape index (κ3) is 8.98. The summed E-state index contributed by atoms with van der Waals surface area (Å²) in [6.07, 6.45) is -3.47. The number of methoxy groups -OCH3 is 1. The number of amides is 4. The molecule has 4 amide bonds. The molecule has 1 saturated heterocycles. The Labute approximate surface area is 364 Å². The Kier molecular flexibility index (Phi) is 12.4. The van der Waals surface area contributed by atoms with Crippen molar-refractivity contribution in [2.24, 2.45) is 29.1 Å². The summed E-state index contributed by atoms with van der Waals surface area (Å²) in [4.78, 5) is 66.9. The molecule has 2 aromatic rings. The van der Waals surface area contributed by atoms with Crippen LogP contribution in [0.2, 0.25) is 0 Å². The van der Waals surface area contributed by atoms with Crippen molar-refractivity contribution in [3.05, 3.63) is 23.9 Å². The largest absolute Gasteiger partial charge is 0.497 e. The van der Waals surface area contributed by atoms with Crippen molar-refractivity contribution < 1.29 is 59.4 Å². The first-order chi connectivity index (χ1) is 29.4. The first-order valence-electron chi connectivity index (χ1n) is 21.8. The van der Waals surface area contributed by atoms with E-state index in [2.05, 4.69) is 20.6 Å². The highest BCUT2D eigenvalue weighted by molar-refractivity contribution is 7.91. The van der Waals surface area contributed by atoms with E-state index < -0.39 is 129 Å². The number of alkyl halides is 4. The molecule has 15 nitrogen and oxygen atoms in total. The van der Waals surface area contributed by atoms with Gasteiger partial charge in [0.15, 0.2) is 5.69 Å². The Morgan fingerprint density at radius 1 is 1.03 bits per heavy atom. The van der Waals surface area contributed by atoms with E-state index in [0.29, 0.717) is 25.0 Å². The van der Waals surface area contributed by atoms with Crippen LogP contribution in [-0.4, -0.2) is 102 Å². The van der Waals surface area contributed by atoms with Gasteiger partial charge in [-0.3, -0.25) is 19.1 Å². The number of benzene rings is 1. The molecular formula is C43H58F4N6O9S. The smallest absolute Gasteiger partial charge is 0.408 e. The van der Waals surface area contributed by atoms with Gasteiger partial charge in [-0.2, -0.15) is 8.78 Å². The van der Waals surface area contributed by atoms with Crippen molar-refractivity contribution in [3.63, 3.8) is 0 Å². The molecule has 2 aliphatic heterocycles. The molecule has 63 heavy (non-hydrogen) atoms. The number of aromatic nitrogens is 2. The minimum atomic E-state index is -4.32. The van der Waals surface area contributed by atoms with Crippen molar-refractivity contribution in [2.45, 2.75) is 153 Å². The van der Waals surface area contributed by atoms with Gasteiger partial charge in [-0.15, -0.1) is 0 Å². The van der Waals surface area contributed by atoms with Gasteiger partial charge in [0.05, 0.1) is 35.4 Å². The van der Waals surface area contributed by atoms with Gasteiger partial charge in [-0.1, -0.05) is 47.5 Å². The minimum Gasteiger partial charge on any atom is -0.497 e. The first-order valence-corrected chi connectivity index (χ1v) is 23.3. The molecule has 3 aliphatic carbocycles. The Morgan fingerprint density at radius 2 is 1.75 bits per heavy atom. The van der Waals surface area contributed by atoms with Gasteiger partial charge in [0.25, 0.3) is 11.8 Å². The zero-order valence-electron chi connectivity index (χ0n) is 36.6. The monoisotopic (exact) mass is 910 g/mol. The van der Waals surface area contributed by atoms with Gasteiger partial charge in [-0.05, 0) is 81.3 Å². The number of carbonyl (C=O) groups excluding carboxylic acids is 4. The van der Waals surface area contributed by atoms with E-state index in [9.17, 15) is 36.4 Å². The molecule has 20 heteroatoms. The fourth-order valence-electron chi connectivity index (χ4n) is 9.58. The number of ether oxygens (including phenoxy) is 3. The van der Waals surface area contributed by atoms with Crippen LogP contribution >= 0.6 is 0 Å². The van der Waals surface area contributed by atoms with Gasteiger partial charge < -0.3 is 29.7 Å². The quantitative estimate of drug-likeness (QED) is 0.264. The van der Waals surface area contributed by atoms with E-state index >= 15 is 8.78 Å². The number of nitrogens with one attached hydrogen (secondary N) is 3. The molecule has 2 bridgehead atoms. The molecule has 3 saturated carbocycles. The molecule has 0 radical (unpaired) electrons. The van der Waals surface area contributed by atoms with Crippen LogP contribution in [0.1, 0.15) is 111 Å². The summed E-state index contributed by atoms with van der Waals surface area (Å²) in [5.41, 5.74) is -3.85. The fraction of sp³-hybridized carbons (Fsp3) is 0.721. The minimum absolute atomic E-state index is 0.0898. The molecular weight excluding hydrogens is 853 g/mol. The fourth-order valence-corrected chi connectivity index (χ4v) is 10.9. The van der Waals surface area contributed by atoms with Gasteiger partial charge in [0, 0.05) is 18.4 Å². The lowest BCUT2D eigenvalue weighted by Gasteiger charge is -2.36. The maximum Gasteiger partial charge on any atom is 0.408 e. The maximum absolute atomic E-state index is 16.6. The second kappa shape index (κ2) is 16.8. The number of hydrogen-bond acceptors (Lipinski definition) is 11. The average Bonchev–Trinajstić information content (AvgIpc) is 4.08. The molecule has 0 spiro atoms. The van der Waals surface area contributed by atoms with Crippen molar-refractivity contribution in [3.8, 4) is 11.6 Å². The lowest BCUT2D eigenvalue weighted by Crippen LogP contribution is -2.61. The zero-order valence-corrected chi connectivity index (χ0v) is 37.5. The van der Waals surface area contributed by atoms with Crippen LogP contribution in [0.3, 0.4) is 0 Å². The normalized spacial score (nSPS) is 32.0. The van der Waals surface area contributed by atoms with Crippen molar-refractivity contribution in [1.82, 2.24) is 30.2 Å². The summed E-state index contributed by atoms with van der Waals surface area (Å²) < 4.78 is 106. The van der Waals surface area contributed by atoms with Crippen LogP contribution in [-0.2, 0) is 35.1 Å². The molecule has 5 aliphatic rings. The van der Waals surface area contributed by atoms with E-state index in [1.165, 1.54) is 33.1 Å². The summed E-state index contributed by atoms with van der Waals surface area (Å²) in [5, 5.41) is 5.12. The summed E-state index contributed by atoms with van der Waals surface area (Å²) >= 11 is 0. The van der Waals surface area contributed by atoms with E-state index in [-0.39, 0.29) is 42.1 Å². The van der Waals surface area contributed by atoms with Crippen molar-refractivity contribution in [1.29, 1.82) is 0 Å². The number of rotatable bonds is 8. The number of carbonyl (C=O) groups is 4. The van der Waals surface area contributed by atoms with Gasteiger partial charge >= 0.3 is 6.09 Å². The van der Waals surface area contributed by atoms with E-state index in [1.807, 2.05) is 11.6 Å². The van der Waals surface area contributed by atoms with E-state index in [4.69, 9.17) is 14.2 Å². The summed E-state index contributed by atoms with van der Waals surface area (Å²) in [6, 6.07) is 1.56. The Bertz CT molecular complexity index is 2240. The summed E-state index contributed by atoms with van der Waals surface area (Å²) in [7, 11) is -2.90. The number of fused-ring (bicyclic) bond motifs is 5. The standard InChI is InChI=1S/C43H58F4N6O9S/c1-8-23-12-15-29-25(23)11-9-10-16-43(46,47)32-36(49-28-19-24(60-7)13-14-27(28)48-32)61-30-21-53(37(55)33(40(3,4)5)50-39(57)62-29)31(22(30)2)35(54)51-42(20-26(42)34(44)45)38(56)52-63(58,59)41(6)17-18-41/h13-14,19,22-23,25-26,29-31,33-34H,8-12,15-18,20-21H2,1-7H3,(H,50,57)(H,51,54)(H,52,56)/t22-,23+,25-,26?,29-,30+,31+,33-,42-/m1/s1. The van der Waals surface area contributed by atoms with Crippen LogP contribution in [0.15, 0.2) is 18.2 Å². The number of halogens is 4. The highest BCUT2D eigenvalue weighted by Gasteiger charge is 2.68. The number of sulfonamides is 1. The third-order valence-corrected chi connectivity index (χ3v) is 16.2. The number of hydrogen-bond donors (Lipinski definition) is 3. The second-order valence-electron chi connectivity index (χ2n) is 19.4. The maximum atomic E-state index is 16.6. The third-order valence-electron chi connectivity index (χ3n) is 14.0. The van der Waals surface area contributed by atoms with E-state index in [0.717, 1.165) is 17.7 Å². The van der Waals surface area contributed by atoms with Gasteiger partial charge in [0.1, 0.15) is 35.6 Å². The Balaban J connectivity index is 1.30. The van der Waals surface area contributed by atoms with E-state index in [1.54, 1.807) is 26.8 Å². The van der Waals surface area contributed by atoms with Crippen LogP contribution < -0.4 is 24.8 Å². The molecule has 9 atom stereocenters. The number of alkyl carbamates (subject to hydrolysis) is 1. The zero-order chi connectivity index (χ0) is 46.0. The molecule has 3 heterocycles. The molecule has 348 valence electrons. The topological polar surface area (TPSA) is 195 Å². The van der Waals surface area contributed by atoms with Crippen LogP contribution in [0.5, 0.6) is 11.6 Å². The summed E-state index contributed by atoms with van der Waals surface area (Å²) in [5.74, 6) is -9.83. The van der Waals surface area contributed by atoms with Crippen molar-refractivity contribution >= 4 is 44.9 Å². The van der Waals surface area contributed by atoms with Gasteiger partial charge in [0.2, 0.25) is 34.1 Å². The second-order valence-corrected chi connectivity index (χ2v) is 21.6. The van der Waals surface area contributed by atoms with Gasteiger partial charge in [-0.25, -0.2) is 32.0 Å². The average molecular weight is 911 g/mol. The predicted octanol–water partition coefficient (Wildman–Crippen LogP) is 5.98. The van der Waals surface area contributed by atoms with Crippen LogP contribution in [0, 0.1) is 29.1 Å². The molecule has 1 unspecified atom stereocenters. The Hall–Kier alpha value is -4.49. The lowest BCUT2D eigenvalue weighted by atomic mass is 9.85. The van der Waals surface area contributed by atoms with Crippen LogP contribution in [0.25, 0.3) is 11.0 Å². The molecule has 1 aromatic heterocycles. The summed E-state index contributed by atoms with van der Waals surface area (Å²) in [6.45, 7) is 9.51. The lowest BCUT2D eigenvalue weighted by molar-refractivity contribution is -0.143. The van der Waals surface area contributed by atoms with Crippen molar-refractivity contribution in [2.75, 3.05) is 13.7 Å². The highest BCUT2D eigenvalue weighted by Crippen LogP contribution is 2.50. The molecule has 7 rings (SSSR count). The SMILES string of the molecule is CC[C@H]1CC[C@H]2OC(=O)N[C@@H](C(C)(C)C)C(=O)N3C[C@H](Oc4nc5cc(OC)ccc5nc4C(F)(F)CCCC[C@H]12)[C@@H](C)[C@H]3C(=O)N[C@]1(C(=O)NS(=O)(=O)C2(C)CC2)CC1C(F)F. The first kappa shape index (κ1) is 46.5. The number of nitrogens with zero attached hydrogens (tertiary/aromatic N) is 3. The predicted molar refractivity (Wildman–Crippen MR) is 220 cm³/mol. The Morgan fingerprint density at radius 3 is 2.37 bits per heavy atom. The highest BCUT2D eigenvalue weighted by atomic mass is 32.2.